The van der Waals surface area contributed by atoms with Crippen molar-refractivity contribution in [3.63, 3.8) is 0 Å². The van der Waals surface area contributed by atoms with E-state index in [1.807, 2.05) is 0 Å². The van der Waals surface area contributed by atoms with Crippen molar-refractivity contribution in [1.82, 2.24) is 0 Å². The topological polar surface area (TPSA) is 29.3 Å². The minimum absolute atomic E-state index is 0.173. The zero-order valence-electron chi connectivity index (χ0n) is 11.6. The lowest BCUT2D eigenvalue weighted by molar-refractivity contribution is 0.627. The first-order valence-electron chi connectivity index (χ1n) is 6.87. The van der Waals surface area contributed by atoms with E-state index in [1.165, 1.54) is 17.0 Å². The van der Waals surface area contributed by atoms with Crippen molar-refractivity contribution >= 4 is 17.4 Å². The summed E-state index contributed by atoms with van der Waals surface area (Å²) in [5.74, 6) is 1.22. The molecule has 0 aromatic heterocycles. The van der Waals surface area contributed by atoms with Crippen molar-refractivity contribution in [2.75, 3.05) is 17.2 Å². The van der Waals surface area contributed by atoms with Gasteiger partial charge in [0.25, 0.3) is 0 Å². The van der Waals surface area contributed by atoms with Crippen LogP contribution in [0.2, 0.25) is 0 Å². The van der Waals surface area contributed by atoms with Crippen LogP contribution >= 0.6 is 11.8 Å². The van der Waals surface area contributed by atoms with Crippen molar-refractivity contribution in [1.29, 1.82) is 0 Å². The van der Waals surface area contributed by atoms with E-state index in [1.54, 1.807) is 0 Å². The Labute approximate surface area is 115 Å². The van der Waals surface area contributed by atoms with E-state index in [2.05, 4.69) is 61.7 Å². The molecule has 2 rings (SSSR count). The Kier molecular flexibility index (Phi) is 4.57. The SMILES string of the molecule is CCC(N)c1ccc(N2CCSC(C)C2C)cc1. The van der Waals surface area contributed by atoms with Crippen molar-refractivity contribution < 1.29 is 0 Å². The van der Waals surface area contributed by atoms with E-state index >= 15 is 0 Å². The second-order valence-corrected chi connectivity index (χ2v) is 6.60. The average molecular weight is 264 g/mol. The molecule has 0 bridgehead atoms. The molecule has 100 valence electrons. The van der Waals surface area contributed by atoms with Gasteiger partial charge in [-0.1, -0.05) is 26.0 Å². The maximum Gasteiger partial charge on any atom is 0.0378 e. The summed E-state index contributed by atoms with van der Waals surface area (Å²) in [7, 11) is 0. The molecule has 0 aliphatic carbocycles. The van der Waals surface area contributed by atoms with E-state index in [9.17, 15) is 0 Å². The van der Waals surface area contributed by atoms with Gasteiger partial charge in [-0.15, -0.1) is 0 Å². The van der Waals surface area contributed by atoms with E-state index in [0.29, 0.717) is 11.3 Å². The minimum atomic E-state index is 0.173. The molecule has 0 spiro atoms. The molecule has 1 aliphatic rings. The first kappa shape index (κ1) is 13.8. The largest absolute Gasteiger partial charge is 0.367 e. The summed E-state index contributed by atoms with van der Waals surface area (Å²) < 4.78 is 0. The minimum Gasteiger partial charge on any atom is -0.367 e. The highest BCUT2D eigenvalue weighted by Crippen LogP contribution is 2.29. The van der Waals surface area contributed by atoms with E-state index in [4.69, 9.17) is 5.73 Å². The number of hydrogen-bond donors (Lipinski definition) is 1. The van der Waals surface area contributed by atoms with Crippen LogP contribution in [0.1, 0.15) is 38.8 Å². The van der Waals surface area contributed by atoms with Gasteiger partial charge in [0.15, 0.2) is 0 Å². The maximum absolute atomic E-state index is 6.06. The molecule has 3 heteroatoms. The van der Waals surface area contributed by atoms with Gasteiger partial charge in [-0.3, -0.25) is 0 Å². The van der Waals surface area contributed by atoms with Crippen molar-refractivity contribution in [3.05, 3.63) is 29.8 Å². The number of nitrogens with zero attached hydrogens (tertiary/aromatic N) is 1. The van der Waals surface area contributed by atoms with Crippen LogP contribution in [0, 0.1) is 0 Å². The highest BCUT2D eigenvalue weighted by Gasteiger charge is 2.25. The zero-order chi connectivity index (χ0) is 13.1. The van der Waals surface area contributed by atoms with Crippen LogP contribution in [0.25, 0.3) is 0 Å². The second kappa shape index (κ2) is 5.98. The van der Waals surface area contributed by atoms with Crippen LogP contribution in [0.5, 0.6) is 0 Å². The molecule has 2 N–H and O–H groups in total. The summed E-state index contributed by atoms with van der Waals surface area (Å²) >= 11 is 2.07. The summed E-state index contributed by atoms with van der Waals surface area (Å²) in [4.78, 5) is 2.52. The summed E-state index contributed by atoms with van der Waals surface area (Å²) in [6.45, 7) is 7.92. The van der Waals surface area contributed by atoms with Crippen LogP contribution in [0.4, 0.5) is 5.69 Å². The number of thioether (sulfide) groups is 1. The molecule has 2 nitrogen and oxygen atoms in total. The number of benzene rings is 1. The van der Waals surface area contributed by atoms with Crippen molar-refractivity contribution in [2.24, 2.45) is 5.73 Å². The van der Waals surface area contributed by atoms with Gasteiger partial charge in [0.1, 0.15) is 0 Å². The van der Waals surface area contributed by atoms with E-state index < -0.39 is 0 Å². The predicted molar refractivity (Wildman–Crippen MR) is 82.4 cm³/mol. The molecule has 0 radical (unpaired) electrons. The number of anilines is 1. The van der Waals surface area contributed by atoms with Gasteiger partial charge in [0.2, 0.25) is 0 Å². The highest BCUT2D eigenvalue weighted by molar-refractivity contribution is 8.00. The first-order chi connectivity index (χ1) is 8.63. The quantitative estimate of drug-likeness (QED) is 0.907. The van der Waals surface area contributed by atoms with Gasteiger partial charge in [-0.25, -0.2) is 0 Å². The fraction of sp³-hybridized carbons (Fsp3) is 0.600. The second-order valence-electron chi connectivity index (χ2n) is 5.12. The fourth-order valence-corrected chi connectivity index (χ4v) is 3.55. The Bertz CT molecular complexity index is 377. The van der Waals surface area contributed by atoms with E-state index in [0.717, 1.165) is 13.0 Å². The molecule has 18 heavy (non-hydrogen) atoms. The Balaban J connectivity index is 2.13. The van der Waals surface area contributed by atoms with Gasteiger partial charge < -0.3 is 10.6 Å². The normalized spacial score (nSPS) is 26.1. The first-order valence-corrected chi connectivity index (χ1v) is 7.92. The van der Waals surface area contributed by atoms with Crippen molar-refractivity contribution in [3.8, 4) is 0 Å². The Morgan fingerprint density at radius 2 is 2.00 bits per heavy atom. The van der Waals surface area contributed by atoms with Gasteiger partial charge in [0.05, 0.1) is 0 Å². The number of rotatable bonds is 3. The third-order valence-corrected chi connectivity index (χ3v) is 5.31. The molecule has 3 atom stereocenters. The summed E-state index contributed by atoms with van der Waals surface area (Å²) in [6, 6.07) is 9.60. The van der Waals surface area contributed by atoms with Gasteiger partial charge in [-0.05, 0) is 31.0 Å². The molecule has 1 aromatic rings. The van der Waals surface area contributed by atoms with Crippen LogP contribution in [0.15, 0.2) is 24.3 Å². The molecule has 1 heterocycles. The molecule has 1 saturated heterocycles. The van der Waals surface area contributed by atoms with Crippen LogP contribution in [0.3, 0.4) is 0 Å². The summed E-state index contributed by atoms with van der Waals surface area (Å²) in [6.07, 6.45) is 0.993. The smallest absolute Gasteiger partial charge is 0.0378 e. The molecule has 1 aliphatic heterocycles. The molecule has 1 aromatic carbocycles. The lowest BCUT2D eigenvalue weighted by Crippen LogP contribution is -2.44. The average Bonchev–Trinajstić information content (AvgIpc) is 2.41. The lowest BCUT2D eigenvalue weighted by Gasteiger charge is -2.39. The zero-order valence-corrected chi connectivity index (χ0v) is 12.4. The van der Waals surface area contributed by atoms with Gasteiger partial charge in [0, 0.05) is 35.3 Å². The lowest BCUT2D eigenvalue weighted by atomic mass is 10.0. The Hall–Kier alpha value is -0.670. The van der Waals surface area contributed by atoms with Crippen molar-refractivity contribution in [2.45, 2.75) is 44.5 Å². The van der Waals surface area contributed by atoms with Crippen LogP contribution < -0.4 is 10.6 Å². The predicted octanol–water partition coefficient (Wildman–Crippen LogP) is 3.43. The molecule has 0 saturated carbocycles. The highest BCUT2D eigenvalue weighted by atomic mass is 32.2. The van der Waals surface area contributed by atoms with Gasteiger partial charge in [-0.2, -0.15) is 11.8 Å². The number of nitrogens with two attached hydrogens (primary N) is 1. The summed E-state index contributed by atoms with van der Waals surface area (Å²) in [5.41, 5.74) is 8.63. The standard InChI is InChI=1S/C15H24N2S/c1-4-15(16)13-5-7-14(8-6-13)17-9-10-18-12(3)11(17)2/h5-8,11-12,15H,4,9-10,16H2,1-3H3. The van der Waals surface area contributed by atoms with E-state index in [-0.39, 0.29) is 6.04 Å². The molecule has 0 amide bonds. The third-order valence-electron chi connectivity index (χ3n) is 3.98. The molecular weight excluding hydrogens is 240 g/mol. The Morgan fingerprint density at radius 1 is 1.33 bits per heavy atom. The summed E-state index contributed by atoms with van der Waals surface area (Å²) in [5, 5.41) is 0.705. The Morgan fingerprint density at radius 3 is 2.61 bits per heavy atom. The number of hydrogen-bond acceptors (Lipinski definition) is 3. The monoisotopic (exact) mass is 264 g/mol. The molecule has 3 unspecified atom stereocenters. The van der Waals surface area contributed by atoms with Gasteiger partial charge >= 0.3 is 0 Å². The molecular formula is C15H24N2S. The van der Waals surface area contributed by atoms with Crippen LogP contribution in [-0.2, 0) is 0 Å². The van der Waals surface area contributed by atoms with Crippen LogP contribution in [-0.4, -0.2) is 23.6 Å². The maximum atomic E-state index is 6.06. The fourth-order valence-electron chi connectivity index (χ4n) is 2.45. The third kappa shape index (κ3) is 2.83. The molecule has 1 fully saturated rings.